The van der Waals surface area contributed by atoms with Gasteiger partial charge in [0.2, 0.25) is 11.8 Å². The number of amides is 2. The molecule has 0 radical (unpaired) electrons. The number of aliphatic carboxylic acids is 1. The first kappa shape index (κ1) is 18.0. The molecule has 144 valence electrons. The maximum absolute atomic E-state index is 13.2. The molecule has 1 aliphatic carbocycles. The van der Waals surface area contributed by atoms with E-state index in [0.29, 0.717) is 25.4 Å². The van der Waals surface area contributed by atoms with Gasteiger partial charge in [0.25, 0.3) is 0 Å². The molecular formula is C21H26N2O4. The fourth-order valence-corrected chi connectivity index (χ4v) is 5.10. The average Bonchev–Trinajstić information content (AvgIpc) is 3.23. The lowest BCUT2D eigenvalue weighted by Gasteiger charge is -2.34. The molecule has 1 saturated carbocycles. The molecule has 1 aromatic carbocycles. The molecule has 3 fully saturated rings. The molecule has 1 aromatic rings. The standard InChI is InChI=1S/C21H26N2O4/c24-19-11-16(13-22(19)12-14-6-2-1-3-7-14)20(25)23-17-9-5-4-8-15(17)10-18(23)21(26)27/h1-3,6-7,15-18H,4-5,8-13H2,(H,26,27). The molecule has 0 spiro atoms. The second-order valence-electron chi connectivity index (χ2n) is 8.11. The van der Waals surface area contributed by atoms with Gasteiger partial charge in [-0.1, -0.05) is 43.2 Å². The van der Waals surface area contributed by atoms with Gasteiger partial charge in [0.15, 0.2) is 0 Å². The predicted octanol–water partition coefficient (Wildman–Crippen LogP) is 2.28. The summed E-state index contributed by atoms with van der Waals surface area (Å²) in [4.78, 5) is 40.8. The van der Waals surface area contributed by atoms with Crippen LogP contribution in [0.2, 0.25) is 0 Å². The lowest BCUT2D eigenvalue weighted by atomic mass is 9.84. The molecule has 0 aromatic heterocycles. The number of likely N-dealkylation sites (tertiary alicyclic amines) is 2. The molecule has 27 heavy (non-hydrogen) atoms. The summed E-state index contributed by atoms with van der Waals surface area (Å²) < 4.78 is 0. The number of rotatable bonds is 4. The zero-order valence-electron chi connectivity index (χ0n) is 15.4. The fourth-order valence-electron chi connectivity index (χ4n) is 5.10. The van der Waals surface area contributed by atoms with Crippen LogP contribution < -0.4 is 0 Å². The van der Waals surface area contributed by atoms with Gasteiger partial charge in [-0.15, -0.1) is 0 Å². The van der Waals surface area contributed by atoms with Crippen LogP contribution >= 0.6 is 0 Å². The molecule has 6 nitrogen and oxygen atoms in total. The first-order valence-electron chi connectivity index (χ1n) is 9.91. The third-order valence-corrected chi connectivity index (χ3v) is 6.41. The van der Waals surface area contributed by atoms with Gasteiger partial charge in [0, 0.05) is 25.6 Å². The van der Waals surface area contributed by atoms with Crippen LogP contribution in [-0.4, -0.2) is 51.3 Å². The highest BCUT2D eigenvalue weighted by Crippen LogP contribution is 2.41. The van der Waals surface area contributed by atoms with Crippen molar-refractivity contribution in [3.8, 4) is 0 Å². The Labute approximate surface area is 159 Å². The van der Waals surface area contributed by atoms with Gasteiger partial charge in [0.05, 0.1) is 5.92 Å². The van der Waals surface area contributed by atoms with Crippen molar-refractivity contribution in [2.75, 3.05) is 6.54 Å². The summed E-state index contributed by atoms with van der Waals surface area (Å²) in [6.07, 6.45) is 4.78. The molecule has 2 amide bonds. The van der Waals surface area contributed by atoms with E-state index in [1.807, 2.05) is 30.3 Å². The third-order valence-electron chi connectivity index (χ3n) is 6.41. The van der Waals surface area contributed by atoms with Crippen LogP contribution in [0.4, 0.5) is 0 Å². The summed E-state index contributed by atoms with van der Waals surface area (Å²) in [7, 11) is 0. The van der Waals surface area contributed by atoms with Crippen LogP contribution in [0.15, 0.2) is 30.3 Å². The molecule has 4 unspecified atom stereocenters. The molecule has 6 heteroatoms. The third kappa shape index (κ3) is 3.45. The highest BCUT2D eigenvalue weighted by atomic mass is 16.4. The number of benzene rings is 1. The Morgan fingerprint density at radius 2 is 1.85 bits per heavy atom. The molecule has 2 heterocycles. The van der Waals surface area contributed by atoms with Crippen molar-refractivity contribution in [3.05, 3.63) is 35.9 Å². The minimum Gasteiger partial charge on any atom is -0.480 e. The van der Waals surface area contributed by atoms with Gasteiger partial charge in [0.1, 0.15) is 6.04 Å². The normalized spacial score (nSPS) is 30.4. The van der Waals surface area contributed by atoms with Gasteiger partial charge in [-0.2, -0.15) is 0 Å². The monoisotopic (exact) mass is 370 g/mol. The van der Waals surface area contributed by atoms with Gasteiger partial charge in [-0.05, 0) is 30.7 Å². The van der Waals surface area contributed by atoms with Crippen molar-refractivity contribution < 1.29 is 19.5 Å². The minimum absolute atomic E-state index is 0.0246. The van der Waals surface area contributed by atoms with Gasteiger partial charge in [-0.25, -0.2) is 4.79 Å². The van der Waals surface area contributed by atoms with Crippen LogP contribution in [0.5, 0.6) is 0 Å². The summed E-state index contributed by atoms with van der Waals surface area (Å²) in [5.74, 6) is -1.21. The maximum Gasteiger partial charge on any atom is 0.326 e. The summed E-state index contributed by atoms with van der Waals surface area (Å²) in [5.41, 5.74) is 1.04. The molecule has 4 rings (SSSR count). The average molecular weight is 370 g/mol. The molecule has 2 aliphatic heterocycles. The zero-order chi connectivity index (χ0) is 19.0. The molecule has 4 atom stereocenters. The van der Waals surface area contributed by atoms with Crippen molar-refractivity contribution in [2.45, 2.75) is 57.2 Å². The van der Waals surface area contributed by atoms with Gasteiger partial charge >= 0.3 is 5.97 Å². The lowest BCUT2D eigenvalue weighted by molar-refractivity contribution is -0.151. The molecule has 0 bridgehead atoms. The number of hydrogen-bond acceptors (Lipinski definition) is 3. The number of fused-ring (bicyclic) bond motifs is 1. The van der Waals surface area contributed by atoms with Crippen LogP contribution in [-0.2, 0) is 20.9 Å². The van der Waals surface area contributed by atoms with E-state index in [2.05, 4.69) is 0 Å². The molecule has 3 aliphatic rings. The highest BCUT2D eigenvalue weighted by Gasteiger charge is 2.50. The van der Waals surface area contributed by atoms with Gasteiger partial charge in [-0.3, -0.25) is 9.59 Å². The second-order valence-corrected chi connectivity index (χ2v) is 8.11. The first-order chi connectivity index (χ1) is 13.0. The Balaban J connectivity index is 1.48. The number of carbonyl (C=O) groups excluding carboxylic acids is 2. The van der Waals surface area contributed by atoms with Crippen LogP contribution in [0.1, 0.15) is 44.1 Å². The Morgan fingerprint density at radius 1 is 1.11 bits per heavy atom. The van der Waals surface area contributed by atoms with Crippen LogP contribution in [0.3, 0.4) is 0 Å². The Morgan fingerprint density at radius 3 is 2.59 bits per heavy atom. The summed E-state index contributed by atoms with van der Waals surface area (Å²) in [5, 5.41) is 9.65. The number of carbonyl (C=O) groups is 3. The van der Waals surface area contributed by atoms with E-state index in [1.165, 1.54) is 0 Å². The topological polar surface area (TPSA) is 77.9 Å². The van der Waals surface area contributed by atoms with E-state index in [9.17, 15) is 19.5 Å². The Bertz CT molecular complexity index is 735. The number of nitrogens with zero attached hydrogens (tertiary/aromatic N) is 2. The maximum atomic E-state index is 13.2. The van der Waals surface area contributed by atoms with Gasteiger partial charge < -0.3 is 14.9 Å². The van der Waals surface area contributed by atoms with Crippen molar-refractivity contribution in [1.82, 2.24) is 9.80 Å². The number of hydrogen-bond donors (Lipinski definition) is 1. The fraction of sp³-hybridized carbons (Fsp3) is 0.571. The lowest BCUT2D eigenvalue weighted by Crippen LogP contribution is -2.49. The van der Waals surface area contributed by atoms with E-state index < -0.39 is 17.9 Å². The second kappa shape index (κ2) is 7.33. The summed E-state index contributed by atoms with van der Waals surface area (Å²) in [6, 6.07) is 9.04. The minimum atomic E-state index is -0.914. The van der Waals surface area contributed by atoms with E-state index in [0.717, 1.165) is 31.2 Å². The van der Waals surface area contributed by atoms with E-state index in [4.69, 9.17) is 0 Å². The zero-order valence-corrected chi connectivity index (χ0v) is 15.4. The number of carboxylic acid groups (broad SMARTS) is 1. The Kier molecular flexibility index (Phi) is 4.89. The molecular weight excluding hydrogens is 344 g/mol. The van der Waals surface area contributed by atoms with Crippen LogP contribution in [0.25, 0.3) is 0 Å². The van der Waals surface area contributed by atoms with Crippen molar-refractivity contribution >= 4 is 17.8 Å². The smallest absolute Gasteiger partial charge is 0.326 e. The quantitative estimate of drug-likeness (QED) is 0.882. The molecule has 1 N–H and O–H groups in total. The van der Waals surface area contributed by atoms with Crippen molar-refractivity contribution in [2.24, 2.45) is 11.8 Å². The first-order valence-corrected chi connectivity index (χ1v) is 9.91. The Hall–Kier alpha value is -2.37. The van der Waals surface area contributed by atoms with E-state index in [-0.39, 0.29) is 24.3 Å². The van der Waals surface area contributed by atoms with Crippen LogP contribution in [0, 0.1) is 11.8 Å². The largest absolute Gasteiger partial charge is 0.480 e. The summed E-state index contributed by atoms with van der Waals surface area (Å²) >= 11 is 0. The van der Waals surface area contributed by atoms with Crippen molar-refractivity contribution in [1.29, 1.82) is 0 Å². The predicted molar refractivity (Wildman–Crippen MR) is 98.6 cm³/mol. The highest BCUT2D eigenvalue weighted by molar-refractivity contribution is 5.92. The SMILES string of the molecule is O=C(O)C1CC2CCCCC2N1C(=O)C1CC(=O)N(Cc2ccccc2)C1. The number of carboxylic acids is 1. The van der Waals surface area contributed by atoms with E-state index in [1.54, 1.807) is 9.80 Å². The van der Waals surface area contributed by atoms with Crippen molar-refractivity contribution in [3.63, 3.8) is 0 Å². The van der Waals surface area contributed by atoms with E-state index >= 15 is 0 Å². The molecule has 2 saturated heterocycles. The summed E-state index contributed by atoms with van der Waals surface area (Å²) in [6.45, 7) is 0.880.